The van der Waals surface area contributed by atoms with Crippen molar-refractivity contribution in [3.8, 4) is 11.3 Å². The molecule has 0 spiro atoms. The van der Waals surface area contributed by atoms with Crippen LogP contribution in [0.2, 0.25) is 0 Å². The molecule has 160 valence electrons. The van der Waals surface area contributed by atoms with Crippen LogP contribution in [0, 0.1) is 6.92 Å². The molecule has 1 amide bonds. The second-order valence-electron chi connectivity index (χ2n) is 7.41. The fraction of sp³-hybridized carbons (Fsp3) is 0.261. The SMILES string of the molecule is Cc1ccccc1-c1ccc(N2CCN(C(=O)c3ccccc3C(F)(F)F)CC2)nn1. The van der Waals surface area contributed by atoms with E-state index in [2.05, 4.69) is 10.2 Å². The van der Waals surface area contributed by atoms with Gasteiger partial charge in [0.15, 0.2) is 5.82 Å². The highest BCUT2D eigenvalue weighted by molar-refractivity contribution is 5.96. The lowest BCUT2D eigenvalue weighted by molar-refractivity contribution is -0.138. The molecule has 2 heterocycles. The Morgan fingerprint density at radius 1 is 0.871 bits per heavy atom. The number of amides is 1. The Morgan fingerprint density at radius 3 is 2.19 bits per heavy atom. The number of piperazine rings is 1. The number of carbonyl (C=O) groups excluding carboxylic acids is 1. The summed E-state index contributed by atoms with van der Waals surface area (Å²) in [6, 6.07) is 16.6. The summed E-state index contributed by atoms with van der Waals surface area (Å²) in [4.78, 5) is 16.2. The molecule has 3 aromatic rings. The van der Waals surface area contributed by atoms with Crippen LogP contribution in [-0.2, 0) is 6.18 Å². The molecule has 0 atom stereocenters. The minimum absolute atomic E-state index is 0.312. The average molecular weight is 426 g/mol. The second-order valence-corrected chi connectivity index (χ2v) is 7.41. The van der Waals surface area contributed by atoms with E-state index in [-0.39, 0.29) is 5.56 Å². The van der Waals surface area contributed by atoms with Crippen LogP contribution in [-0.4, -0.2) is 47.2 Å². The highest BCUT2D eigenvalue weighted by Gasteiger charge is 2.36. The number of hydrogen-bond acceptors (Lipinski definition) is 4. The summed E-state index contributed by atoms with van der Waals surface area (Å²) < 4.78 is 39.7. The number of halogens is 3. The van der Waals surface area contributed by atoms with Crippen molar-refractivity contribution in [1.82, 2.24) is 15.1 Å². The zero-order chi connectivity index (χ0) is 22.0. The van der Waals surface area contributed by atoms with Crippen LogP contribution in [0.4, 0.5) is 19.0 Å². The van der Waals surface area contributed by atoms with Gasteiger partial charge in [0.05, 0.1) is 16.8 Å². The van der Waals surface area contributed by atoms with Gasteiger partial charge < -0.3 is 9.80 Å². The Morgan fingerprint density at radius 2 is 1.55 bits per heavy atom. The molecule has 0 radical (unpaired) electrons. The molecule has 1 fully saturated rings. The maximum absolute atomic E-state index is 13.2. The number of carbonyl (C=O) groups is 1. The van der Waals surface area contributed by atoms with E-state index in [0.29, 0.717) is 32.0 Å². The first kappa shape index (κ1) is 20.8. The van der Waals surface area contributed by atoms with Crippen molar-refractivity contribution in [1.29, 1.82) is 0 Å². The van der Waals surface area contributed by atoms with Gasteiger partial charge in [0.25, 0.3) is 5.91 Å². The van der Waals surface area contributed by atoms with E-state index in [1.54, 1.807) is 0 Å². The van der Waals surface area contributed by atoms with Gasteiger partial charge in [-0.05, 0) is 36.8 Å². The van der Waals surface area contributed by atoms with Gasteiger partial charge in [-0.3, -0.25) is 4.79 Å². The minimum atomic E-state index is -4.57. The summed E-state index contributed by atoms with van der Waals surface area (Å²) in [7, 11) is 0. The van der Waals surface area contributed by atoms with Crippen LogP contribution in [0.15, 0.2) is 60.7 Å². The van der Waals surface area contributed by atoms with E-state index in [9.17, 15) is 18.0 Å². The smallest absolute Gasteiger partial charge is 0.352 e. The molecule has 8 heteroatoms. The second kappa shape index (κ2) is 8.37. The molecule has 5 nitrogen and oxygen atoms in total. The van der Waals surface area contributed by atoms with Crippen LogP contribution in [0.25, 0.3) is 11.3 Å². The monoisotopic (exact) mass is 426 g/mol. The molecule has 0 aliphatic carbocycles. The third kappa shape index (κ3) is 4.38. The summed E-state index contributed by atoms with van der Waals surface area (Å²) in [5, 5.41) is 8.65. The largest absolute Gasteiger partial charge is 0.417 e. The van der Waals surface area contributed by atoms with Crippen LogP contribution < -0.4 is 4.90 Å². The summed E-state index contributed by atoms with van der Waals surface area (Å²) in [6.07, 6.45) is -4.57. The molecule has 0 saturated carbocycles. The lowest BCUT2D eigenvalue weighted by Gasteiger charge is -2.35. The molecule has 0 unspecified atom stereocenters. The van der Waals surface area contributed by atoms with Crippen molar-refractivity contribution >= 4 is 11.7 Å². The van der Waals surface area contributed by atoms with Crippen LogP contribution >= 0.6 is 0 Å². The topological polar surface area (TPSA) is 49.3 Å². The number of rotatable bonds is 3. The van der Waals surface area contributed by atoms with Gasteiger partial charge in [-0.25, -0.2) is 0 Å². The molecule has 1 aromatic heterocycles. The zero-order valence-corrected chi connectivity index (χ0v) is 16.9. The fourth-order valence-electron chi connectivity index (χ4n) is 3.72. The molecular weight excluding hydrogens is 405 g/mol. The van der Waals surface area contributed by atoms with Crippen molar-refractivity contribution < 1.29 is 18.0 Å². The van der Waals surface area contributed by atoms with Gasteiger partial charge in [-0.1, -0.05) is 36.4 Å². The lowest BCUT2D eigenvalue weighted by atomic mass is 10.1. The number of nitrogens with zero attached hydrogens (tertiary/aromatic N) is 4. The van der Waals surface area contributed by atoms with Gasteiger partial charge in [0.1, 0.15) is 0 Å². The molecule has 4 rings (SSSR count). The van der Waals surface area contributed by atoms with Crippen molar-refractivity contribution in [2.24, 2.45) is 0 Å². The quantitative estimate of drug-likeness (QED) is 0.622. The van der Waals surface area contributed by atoms with E-state index in [0.717, 1.165) is 22.9 Å². The van der Waals surface area contributed by atoms with E-state index < -0.39 is 17.6 Å². The minimum Gasteiger partial charge on any atom is -0.352 e. The maximum Gasteiger partial charge on any atom is 0.417 e. The predicted octanol–water partition coefficient (Wildman–Crippen LogP) is 4.43. The van der Waals surface area contributed by atoms with Gasteiger partial charge in [-0.2, -0.15) is 13.2 Å². The fourth-order valence-corrected chi connectivity index (χ4v) is 3.72. The first-order valence-electron chi connectivity index (χ1n) is 9.95. The number of hydrogen-bond donors (Lipinski definition) is 0. The third-order valence-electron chi connectivity index (χ3n) is 5.43. The van der Waals surface area contributed by atoms with E-state index in [1.165, 1.54) is 23.1 Å². The molecule has 1 aliphatic rings. The number of anilines is 1. The first-order chi connectivity index (χ1) is 14.8. The Labute approximate surface area is 178 Å². The summed E-state index contributed by atoms with van der Waals surface area (Å²) in [6.45, 7) is 3.58. The maximum atomic E-state index is 13.2. The van der Waals surface area contributed by atoms with E-state index in [1.807, 2.05) is 48.2 Å². The number of aryl methyl sites for hydroxylation is 1. The zero-order valence-electron chi connectivity index (χ0n) is 16.9. The number of alkyl halides is 3. The van der Waals surface area contributed by atoms with Crippen LogP contribution in [0.3, 0.4) is 0 Å². The van der Waals surface area contributed by atoms with Gasteiger partial charge >= 0.3 is 6.18 Å². The van der Waals surface area contributed by atoms with E-state index in [4.69, 9.17) is 0 Å². The average Bonchev–Trinajstić information content (AvgIpc) is 2.79. The summed E-state index contributed by atoms with van der Waals surface area (Å²) in [5.74, 6) is 0.0775. The van der Waals surface area contributed by atoms with Crippen molar-refractivity contribution in [2.45, 2.75) is 13.1 Å². The predicted molar refractivity (Wildman–Crippen MR) is 112 cm³/mol. The Balaban J connectivity index is 1.44. The van der Waals surface area contributed by atoms with Gasteiger partial charge in [-0.15, -0.1) is 10.2 Å². The van der Waals surface area contributed by atoms with Crippen LogP contribution in [0.5, 0.6) is 0 Å². The number of benzene rings is 2. The van der Waals surface area contributed by atoms with Gasteiger partial charge in [0, 0.05) is 31.7 Å². The highest BCUT2D eigenvalue weighted by atomic mass is 19.4. The summed E-state index contributed by atoms with van der Waals surface area (Å²) in [5.41, 5.74) is 1.68. The molecule has 1 aliphatic heterocycles. The third-order valence-corrected chi connectivity index (χ3v) is 5.43. The van der Waals surface area contributed by atoms with Crippen LogP contribution in [0.1, 0.15) is 21.5 Å². The van der Waals surface area contributed by atoms with Crippen molar-refractivity contribution in [2.75, 3.05) is 31.1 Å². The molecular formula is C23H21F3N4O. The van der Waals surface area contributed by atoms with Crippen molar-refractivity contribution in [3.63, 3.8) is 0 Å². The molecule has 1 saturated heterocycles. The lowest BCUT2D eigenvalue weighted by Crippen LogP contribution is -2.49. The Hall–Kier alpha value is -3.42. The highest BCUT2D eigenvalue weighted by Crippen LogP contribution is 2.32. The summed E-state index contributed by atoms with van der Waals surface area (Å²) >= 11 is 0. The first-order valence-corrected chi connectivity index (χ1v) is 9.95. The van der Waals surface area contributed by atoms with Gasteiger partial charge in [0.2, 0.25) is 0 Å². The normalized spacial score (nSPS) is 14.6. The molecule has 0 N–H and O–H groups in total. The molecule has 2 aromatic carbocycles. The molecule has 31 heavy (non-hydrogen) atoms. The standard InChI is InChI=1S/C23H21F3N4O/c1-16-6-2-3-7-17(16)20-10-11-21(28-27-20)29-12-14-30(15-13-29)22(31)18-8-4-5-9-19(18)23(24,25)26/h2-11H,12-15H2,1H3. The van der Waals surface area contributed by atoms with E-state index >= 15 is 0 Å². The Kier molecular flexibility index (Phi) is 5.63. The Bertz CT molecular complexity index is 1070. The number of aromatic nitrogens is 2. The van der Waals surface area contributed by atoms with Crippen molar-refractivity contribution in [3.05, 3.63) is 77.4 Å². The molecule has 0 bridgehead atoms.